The Labute approximate surface area is 124 Å². The summed E-state index contributed by atoms with van der Waals surface area (Å²) in [4.78, 5) is 15.5. The van der Waals surface area contributed by atoms with E-state index in [1.54, 1.807) is 19.1 Å². The van der Waals surface area contributed by atoms with Crippen LogP contribution in [-0.4, -0.2) is 17.7 Å². The average Bonchev–Trinajstić information content (AvgIpc) is 2.81. The molecule has 1 heterocycles. The molecule has 0 aliphatic rings. The fourth-order valence-electron chi connectivity index (χ4n) is 1.37. The van der Waals surface area contributed by atoms with Gasteiger partial charge in [0.1, 0.15) is 0 Å². The van der Waals surface area contributed by atoms with Gasteiger partial charge in [-0.3, -0.25) is 5.32 Å². The Morgan fingerprint density at radius 1 is 1.42 bits per heavy atom. The predicted octanol–water partition coefficient (Wildman–Crippen LogP) is 4.69. The summed E-state index contributed by atoms with van der Waals surface area (Å²) in [5, 5.41) is 5.79. The molecule has 2 rings (SSSR count). The third kappa shape index (κ3) is 3.59. The molecule has 19 heavy (non-hydrogen) atoms. The molecule has 0 saturated heterocycles. The number of rotatable bonds is 3. The highest BCUT2D eigenvalue weighted by molar-refractivity contribution is 7.14. The van der Waals surface area contributed by atoms with E-state index in [-0.39, 0.29) is 0 Å². The van der Waals surface area contributed by atoms with Crippen LogP contribution in [0.2, 0.25) is 10.0 Å². The number of nitrogens with one attached hydrogen (secondary N) is 1. The van der Waals surface area contributed by atoms with Crippen molar-refractivity contribution in [3.05, 3.63) is 33.6 Å². The number of carbonyl (C=O) groups excluding carboxylic acids is 1. The second-order valence-electron chi connectivity index (χ2n) is 3.51. The van der Waals surface area contributed by atoms with Gasteiger partial charge in [0.15, 0.2) is 5.13 Å². The summed E-state index contributed by atoms with van der Waals surface area (Å²) in [6.07, 6.45) is -0.516. The van der Waals surface area contributed by atoms with Crippen molar-refractivity contribution in [3.63, 3.8) is 0 Å². The van der Waals surface area contributed by atoms with E-state index in [4.69, 9.17) is 27.9 Å². The molecule has 0 aliphatic heterocycles. The number of amides is 1. The summed E-state index contributed by atoms with van der Waals surface area (Å²) < 4.78 is 4.77. The van der Waals surface area contributed by atoms with Crippen LogP contribution >= 0.6 is 34.5 Å². The van der Waals surface area contributed by atoms with Crippen LogP contribution < -0.4 is 5.32 Å². The number of halogens is 2. The molecule has 0 unspecified atom stereocenters. The van der Waals surface area contributed by atoms with Crippen LogP contribution in [0.5, 0.6) is 0 Å². The van der Waals surface area contributed by atoms with E-state index < -0.39 is 6.09 Å². The van der Waals surface area contributed by atoms with Crippen molar-refractivity contribution in [2.24, 2.45) is 0 Å². The summed E-state index contributed by atoms with van der Waals surface area (Å²) in [5.74, 6) is 0. The van der Waals surface area contributed by atoms with Crippen LogP contribution in [0.1, 0.15) is 6.92 Å². The van der Waals surface area contributed by atoms with Crippen molar-refractivity contribution < 1.29 is 9.53 Å². The van der Waals surface area contributed by atoms with E-state index >= 15 is 0 Å². The highest BCUT2D eigenvalue weighted by Gasteiger charge is 2.09. The maximum absolute atomic E-state index is 11.3. The molecular weight excluding hydrogens is 307 g/mol. The van der Waals surface area contributed by atoms with Crippen molar-refractivity contribution in [2.45, 2.75) is 6.92 Å². The lowest BCUT2D eigenvalue weighted by Gasteiger charge is -2.01. The lowest BCUT2D eigenvalue weighted by Crippen LogP contribution is -2.12. The van der Waals surface area contributed by atoms with Gasteiger partial charge in [0.2, 0.25) is 0 Å². The van der Waals surface area contributed by atoms with Crippen LogP contribution in [0.4, 0.5) is 9.93 Å². The van der Waals surface area contributed by atoms with Crippen LogP contribution in [0.25, 0.3) is 11.3 Å². The SMILES string of the molecule is CCOC(=O)Nc1nc(-c2ccc(Cl)c(Cl)c2)cs1. The van der Waals surface area contributed by atoms with E-state index in [0.717, 1.165) is 11.3 Å². The number of hydrogen-bond acceptors (Lipinski definition) is 4. The number of aromatic nitrogens is 1. The van der Waals surface area contributed by atoms with Crippen LogP contribution in [0.15, 0.2) is 23.6 Å². The highest BCUT2D eigenvalue weighted by atomic mass is 35.5. The number of benzene rings is 1. The molecule has 4 nitrogen and oxygen atoms in total. The molecule has 0 saturated carbocycles. The average molecular weight is 317 g/mol. The zero-order valence-electron chi connectivity index (χ0n) is 9.94. The first-order valence-corrected chi connectivity index (χ1v) is 7.08. The van der Waals surface area contributed by atoms with Gasteiger partial charge in [-0.15, -0.1) is 11.3 Å². The fraction of sp³-hybridized carbons (Fsp3) is 0.167. The Morgan fingerprint density at radius 2 is 2.21 bits per heavy atom. The molecule has 0 fully saturated rings. The molecular formula is C12H10Cl2N2O2S. The van der Waals surface area contributed by atoms with Gasteiger partial charge in [-0.25, -0.2) is 9.78 Å². The molecule has 1 N–H and O–H groups in total. The third-order valence-electron chi connectivity index (χ3n) is 2.20. The van der Waals surface area contributed by atoms with Gasteiger partial charge < -0.3 is 4.74 Å². The number of ether oxygens (including phenoxy) is 1. The van der Waals surface area contributed by atoms with Gasteiger partial charge in [0, 0.05) is 10.9 Å². The monoisotopic (exact) mass is 316 g/mol. The summed E-state index contributed by atoms with van der Waals surface area (Å²) in [6, 6.07) is 5.25. The predicted molar refractivity (Wildman–Crippen MR) is 78.2 cm³/mol. The minimum absolute atomic E-state index is 0.316. The fourth-order valence-corrected chi connectivity index (χ4v) is 2.38. The first-order valence-electron chi connectivity index (χ1n) is 5.45. The Kier molecular flexibility index (Phi) is 4.63. The lowest BCUT2D eigenvalue weighted by molar-refractivity contribution is 0.168. The van der Waals surface area contributed by atoms with Crippen molar-refractivity contribution >= 4 is 45.8 Å². The molecule has 0 aliphatic carbocycles. The summed E-state index contributed by atoms with van der Waals surface area (Å²) in [7, 11) is 0. The molecule has 1 aromatic carbocycles. The number of hydrogen-bond donors (Lipinski definition) is 1. The summed E-state index contributed by atoms with van der Waals surface area (Å²) >= 11 is 13.1. The Balaban J connectivity index is 2.16. The zero-order valence-corrected chi connectivity index (χ0v) is 12.3. The minimum Gasteiger partial charge on any atom is -0.450 e. The standard InChI is InChI=1S/C12H10Cl2N2O2S/c1-2-18-12(17)16-11-15-10(6-19-11)7-3-4-8(13)9(14)5-7/h3-6H,2H2,1H3,(H,15,16,17). The Hall–Kier alpha value is -1.30. The number of anilines is 1. The first kappa shape index (κ1) is 14.1. The molecule has 1 amide bonds. The van der Waals surface area contributed by atoms with Gasteiger partial charge in [-0.1, -0.05) is 29.3 Å². The van der Waals surface area contributed by atoms with Gasteiger partial charge in [-0.05, 0) is 19.1 Å². The molecule has 7 heteroatoms. The normalized spacial score (nSPS) is 10.3. The maximum Gasteiger partial charge on any atom is 0.413 e. The van der Waals surface area contributed by atoms with Gasteiger partial charge in [0.05, 0.1) is 22.3 Å². The quantitative estimate of drug-likeness (QED) is 0.894. The molecule has 0 atom stereocenters. The lowest BCUT2D eigenvalue weighted by atomic mass is 10.2. The van der Waals surface area contributed by atoms with Crippen LogP contribution in [-0.2, 0) is 4.74 Å². The van der Waals surface area contributed by atoms with Crippen LogP contribution in [0.3, 0.4) is 0 Å². The van der Waals surface area contributed by atoms with Crippen molar-refractivity contribution in [1.82, 2.24) is 4.98 Å². The molecule has 100 valence electrons. The molecule has 0 bridgehead atoms. The van der Waals surface area contributed by atoms with Crippen molar-refractivity contribution in [2.75, 3.05) is 11.9 Å². The molecule has 0 spiro atoms. The topological polar surface area (TPSA) is 51.2 Å². The van der Waals surface area contributed by atoms with Gasteiger partial charge in [-0.2, -0.15) is 0 Å². The van der Waals surface area contributed by atoms with Gasteiger partial charge in [0.25, 0.3) is 0 Å². The Morgan fingerprint density at radius 3 is 2.89 bits per heavy atom. The van der Waals surface area contributed by atoms with E-state index in [1.165, 1.54) is 11.3 Å². The Bertz CT molecular complexity index is 601. The van der Waals surface area contributed by atoms with E-state index in [2.05, 4.69) is 10.3 Å². The van der Waals surface area contributed by atoms with E-state index in [1.807, 2.05) is 11.4 Å². The van der Waals surface area contributed by atoms with Crippen molar-refractivity contribution in [1.29, 1.82) is 0 Å². The minimum atomic E-state index is -0.516. The first-order chi connectivity index (χ1) is 9.10. The smallest absolute Gasteiger partial charge is 0.413 e. The molecule has 0 radical (unpaired) electrons. The second kappa shape index (κ2) is 6.23. The number of nitrogens with zero attached hydrogens (tertiary/aromatic N) is 1. The third-order valence-corrected chi connectivity index (χ3v) is 3.70. The zero-order chi connectivity index (χ0) is 13.8. The second-order valence-corrected chi connectivity index (χ2v) is 5.18. The van der Waals surface area contributed by atoms with Crippen molar-refractivity contribution in [3.8, 4) is 11.3 Å². The number of carbonyl (C=O) groups is 1. The summed E-state index contributed by atoms with van der Waals surface area (Å²) in [5.41, 5.74) is 1.55. The van der Waals surface area contributed by atoms with E-state index in [0.29, 0.717) is 21.8 Å². The van der Waals surface area contributed by atoms with Gasteiger partial charge >= 0.3 is 6.09 Å². The largest absolute Gasteiger partial charge is 0.450 e. The van der Waals surface area contributed by atoms with Crippen LogP contribution in [0, 0.1) is 0 Å². The summed E-state index contributed by atoms with van der Waals surface area (Å²) in [6.45, 7) is 2.05. The maximum atomic E-state index is 11.3. The molecule has 2 aromatic rings. The molecule has 1 aromatic heterocycles. The number of thiazole rings is 1. The highest BCUT2D eigenvalue weighted by Crippen LogP contribution is 2.30. The van der Waals surface area contributed by atoms with E-state index in [9.17, 15) is 4.79 Å².